The number of unbranched alkanes of at least 4 members (excludes halogenated alkanes) is 2. The van der Waals surface area contributed by atoms with Crippen LogP contribution in [0.15, 0.2) is 0 Å². The summed E-state index contributed by atoms with van der Waals surface area (Å²) in [5.74, 6) is 0. The van der Waals surface area contributed by atoms with E-state index in [4.69, 9.17) is 13.5 Å². The second kappa shape index (κ2) is 7.94. The van der Waals surface area contributed by atoms with Crippen molar-refractivity contribution in [2.24, 2.45) is 0 Å². The van der Waals surface area contributed by atoms with Gasteiger partial charge in [0.25, 0.3) is 0 Å². The SMILES string of the molecule is COP(=O)(CCCCCO[Si](C)(C)C(C)(C)C)OC. The van der Waals surface area contributed by atoms with Gasteiger partial charge in [-0.1, -0.05) is 27.2 Å². The molecular weight excluding hydrogens is 279 g/mol. The van der Waals surface area contributed by atoms with Gasteiger partial charge in [0, 0.05) is 20.8 Å². The summed E-state index contributed by atoms with van der Waals surface area (Å²) in [6, 6.07) is 0. The van der Waals surface area contributed by atoms with Crippen molar-refractivity contribution in [3.63, 3.8) is 0 Å². The molecule has 0 aliphatic carbocycles. The first-order valence-electron chi connectivity index (χ1n) is 6.92. The number of rotatable bonds is 9. The molecule has 0 aromatic heterocycles. The molecule has 0 rings (SSSR count). The Kier molecular flexibility index (Phi) is 8.07. The summed E-state index contributed by atoms with van der Waals surface area (Å²) in [4.78, 5) is 0. The molecule has 0 unspecified atom stereocenters. The second-order valence-corrected chi connectivity index (χ2v) is 13.6. The molecule has 0 spiro atoms. The first kappa shape index (κ1) is 19.3. The van der Waals surface area contributed by atoms with Crippen LogP contribution in [-0.2, 0) is 18.0 Å². The van der Waals surface area contributed by atoms with E-state index in [9.17, 15) is 4.57 Å². The van der Waals surface area contributed by atoms with Crippen LogP contribution in [0.1, 0.15) is 40.0 Å². The maximum atomic E-state index is 11.8. The van der Waals surface area contributed by atoms with Crippen LogP contribution in [0.4, 0.5) is 0 Å². The molecule has 0 radical (unpaired) electrons. The fourth-order valence-electron chi connectivity index (χ4n) is 1.39. The van der Waals surface area contributed by atoms with E-state index < -0.39 is 15.9 Å². The lowest BCUT2D eigenvalue weighted by atomic mass is 10.2. The minimum Gasteiger partial charge on any atom is -0.417 e. The third kappa shape index (κ3) is 7.05. The van der Waals surface area contributed by atoms with Gasteiger partial charge in [-0.3, -0.25) is 4.57 Å². The summed E-state index contributed by atoms with van der Waals surface area (Å²) in [5.41, 5.74) is 0. The summed E-state index contributed by atoms with van der Waals surface area (Å²) < 4.78 is 27.7. The zero-order valence-corrected chi connectivity index (χ0v) is 15.5. The molecule has 4 nitrogen and oxygen atoms in total. The largest absolute Gasteiger partial charge is 0.417 e. The average Bonchev–Trinajstić information content (AvgIpc) is 2.31. The van der Waals surface area contributed by atoms with Gasteiger partial charge in [-0.2, -0.15) is 0 Å². The normalized spacial score (nSPS) is 13.8. The smallest absolute Gasteiger partial charge is 0.330 e. The molecule has 0 saturated heterocycles. The molecule has 0 atom stereocenters. The fourth-order valence-corrected chi connectivity index (χ4v) is 3.60. The van der Waals surface area contributed by atoms with Crippen molar-refractivity contribution in [3.05, 3.63) is 0 Å². The summed E-state index contributed by atoms with van der Waals surface area (Å²) in [6.45, 7) is 12.0. The predicted octanol–water partition coefficient (Wildman–Crippen LogP) is 4.66. The van der Waals surface area contributed by atoms with Gasteiger partial charge in [0.1, 0.15) is 0 Å². The van der Waals surface area contributed by atoms with Gasteiger partial charge in [-0.15, -0.1) is 0 Å². The Morgan fingerprint density at radius 2 is 1.53 bits per heavy atom. The average molecular weight is 310 g/mol. The lowest BCUT2D eigenvalue weighted by molar-refractivity contribution is 0.268. The molecule has 6 heteroatoms. The third-order valence-corrected chi connectivity index (χ3v) is 10.4. The summed E-state index contributed by atoms with van der Waals surface area (Å²) in [5, 5.41) is 0.259. The van der Waals surface area contributed by atoms with Crippen LogP contribution in [-0.4, -0.2) is 35.3 Å². The van der Waals surface area contributed by atoms with Crippen LogP contribution < -0.4 is 0 Å². The van der Waals surface area contributed by atoms with Crippen molar-refractivity contribution in [1.29, 1.82) is 0 Å². The van der Waals surface area contributed by atoms with Crippen molar-refractivity contribution in [3.8, 4) is 0 Å². The van der Waals surface area contributed by atoms with Crippen LogP contribution in [0.25, 0.3) is 0 Å². The van der Waals surface area contributed by atoms with Gasteiger partial charge in [0.15, 0.2) is 8.32 Å². The van der Waals surface area contributed by atoms with E-state index in [1.807, 2.05) is 0 Å². The summed E-state index contributed by atoms with van der Waals surface area (Å²) >= 11 is 0. The van der Waals surface area contributed by atoms with Crippen molar-refractivity contribution in [2.75, 3.05) is 27.0 Å². The van der Waals surface area contributed by atoms with Gasteiger partial charge < -0.3 is 13.5 Å². The van der Waals surface area contributed by atoms with Crippen LogP contribution in [0.3, 0.4) is 0 Å². The molecule has 0 fully saturated rings. The van der Waals surface area contributed by atoms with Crippen molar-refractivity contribution in [2.45, 2.75) is 58.2 Å². The zero-order valence-electron chi connectivity index (χ0n) is 13.6. The maximum absolute atomic E-state index is 11.8. The molecule has 19 heavy (non-hydrogen) atoms. The fraction of sp³-hybridized carbons (Fsp3) is 1.00. The van der Waals surface area contributed by atoms with Crippen molar-refractivity contribution in [1.82, 2.24) is 0 Å². The Labute approximate surface area is 119 Å². The monoisotopic (exact) mass is 310 g/mol. The molecule has 0 saturated carbocycles. The quantitative estimate of drug-likeness (QED) is 0.353. The van der Waals surface area contributed by atoms with Crippen LogP contribution in [0.5, 0.6) is 0 Å². The van der Waals surface area contributed by atoms with Crippen molar-refractivity contribution >= 4 is 15.9 Å². The Bertz CT molecular complexity index is 292. The predicted molar refractivity (Wildman–Crippen MR) is 83.5 cm³/mol. The molecular formula is C13H31O4PSi. The van der Waals surface area contributed by atoms with Gasteiger partial charge >= 0.3 is 7.60 Å². The lowest BCUT2D eigenvalue weighted by Gasteiger charge is -2.36. The van der Waals surface area contributed by atoms with Crippen molar-refractivity contribution < 1.29 is 18.0 Å². The molecule has 0 aromatic carbocycles. The molecule has 0 aromatic rings. The number of hydrogen-bond donors (Lipinski definition) is 0. The van der Waals surface area contributed by atoms with Gasteiger partial charge in [-0.25, -0.2) is 0 Å². The second-order valence-electron chi connectivity index (χ2n) is 6.37. The molecule has 0 bridgehead atoms. The van der Waals surface area contributed by atoms with E-state index in [1.54, 1.807) is 0 Å². The van der Waals surface area contributed by atoms with Gasteiger partial charge in [-0.05, 0) is 31.0 Å². The highest BCUT2D eigenvalue weighted by atomic mass is 31.2. The highest BCUT2D eigenvalue weighted by molar-refractivity contribution is 7.53. The van der Waals surface area contributed by atoms with Gasteiger partial charge in [0.2, 0.25) is 0 Å². The Morgan fingerprint density at radius 1 is 1.00 bits per heavy atom. The first-order valence-corrected chi connectivity index (χ1v) is 11.6. The summed E-state index contributed by atoms with van der Waals surface area (Å²) in [6.07, 6.45) is 3.32. The van der Waals surface area contributed by atoms with Crippen LogP contribution in [0.2, 0.25) is 18.1 Å². The molecule has 0 heterocycles. The Morgan fingerprint density at radius 3 is 1.95 bits per heavy atom. The standard InChI is InChI=1S/C13H31O4PSi/c1-13(2,3)19(6,7)17-11-9-8-10-12-18(14,15-4)16-5/h8-12H2,1-7H3. The molecule has 0 N–H and O–H groups in total. The minimum absolute atomic E-state index is 0.259. The van der Waals surface area contributed by atoms with Gasteiger partial charge in [0.05, 0.1) is 6.16 Å². The maximum Gasteiger partial charge on any atom is 0.330 e. The van der Waals surface area contributed by atoms with E-state index in [-0.39, 0.29) is 5.04 Å². The highest BCUT2D eigenvalue weighted by Crippen LogP contribution is 2.47. The van der Waals surface area contributed by atoms with Crippen LogP contribution >= 0.6 is 7.60 Å². The zero-order chi connectivity index (χ0) is 15.2. The lowest BCUT2D eigenvalue weighted by Crippen LogP contribution is -2.40. The van der Waals surface area contributed by atoms with E-state index >= 15 is 0 Å². The molecule has 116 valence electrons. The Hall–Kier alpha value is 0.327. The molecule has 0 amide bonds. The van der Waals surface area contributed by atoms with E-state index in [0.29, 0.717) is 6.16 Å². The van der Waals surface area contributed by atoms with E-state index in [1.165, 1.54) is 14.2 Å². The highest BCUT2D eigenvalue weighted by Gasteiger charge is 2.36. The number of hydrogen-bond acceptors (Lipinski definition) is 4. The van der Waals surface area contributed by atoms with E-state index in [2.05, 4.69) is 33.9 Å². The topological polar surface area (TPSA) is 44.8 Å². The first-order chi connectivity index (χ1) is 8.58. The minimum atomic E-state index is -2.82. The molecule has 0 aliphatic rings. The Balaban J connectivity index is 3.81. The van der Waals surface area contributed by atoms with E-state index in [0.717, 1.165) is 25.9 Å². The summed E-state index contributed by atoms with van der Waals surface area (Å²) in [7, 11) is -1.57. The van der Waals surface area contributed by atoms with Crippen LogP contribution in [0, 0.1) is 0 Å². The molecule has 0 aliphatic heterocycles. The third-order valence-electron chi connectivity index (χ3n) is 3.90.